The summed E-state index contributed by atoms with van der Waals surface area (Å²) in [6.07, 6.45) is 6.44. The molecule has 148 valence electrons. The zero-order valence-corrected chi connectivity index (χ0v) is 16.0. The number of nitrogens with one attached hydrogen (secondary N) is 2. The molecule has 0 radical (unpaired) electrons. The lowest BCUT2D eigenvalue weighted by molar-refractivity contribution is 0.102. The van der Waals surface area contributed by atoms with Gasteiger partial charge in [0, 0.05) is 37.0 Å². The molecule has 1 amide bonds. The lowest BCUT2D eigenvalue weighted by Crippen LogP contribution is -2.13. The lowest BCUT2D eigenvalue weighted by Gasteiger charge is -2.08. The summed E-state index contributed by atoms with van der Waals surface area (Å²) in [6.45, 7) is 0.575. The molecule has 4 rings (SSSR count). The molecule has 7 nitrogen and oxygen atoms in total. The van der Waals surface area contributed by atoms with Crippen LogP contribution in [0.5, 0.6) is 11.5 Å². The van der Waals surface area contributed by atoms with E-state index in [0.717, 1.165) is 11.3 Å². The van der Waals surface area contributed by atoms with Crippen LogP contribution in [0.2, 0.25) is 0 Å². The summed E-state index contributed by atoms with van der Waals surface area (Å²) in [7, 11) is 0. The Labute approximate surface area is 173 Å². The monoisotopic (exact) mass is 397 g/mol. The highest BCUT2D eigenvalue weighted by Crippen LogP contribution is 2.22. The summed E-state index contributed by atoms with van der Waals surface area (Å²) >= 11 is 0. The van der Waals surface area contributed by atoms with Gasteiger partial charge in [0.15, 0.2) is 0 Å². The fraction of sp³-hybridized carbons (Fsp3) is 0.0435. The molecule has 0 saturated carbocycles. The van der Waals surface area contributed by atoms with Gasteiger partial charge in [0.1, 0.15) is 11.5 Å². The first-order chi connectivity index (χ1) is 14.8. The molecule has 4 aromatic rings. The standard InChI is InChI=1S/C23H19N5O2/c29-22(18-15-26-23(27-16-18)25-14-17-10-12-24-13-11-17)28-19-6-8-21(9-7-19)30-20-4-2-1-3-5-20/h1-13,15-16H,14H2,(H,28,29)(H,25,26,27). The molecule has 2 aromatic carbocycles. The third-order valence-corrected chi connectivity index (χ3v) is 4.21. The van der Waals surface area contributed by atoms with Crippen molar-refractivity contribution in [2.75, 3.05) is 10.6 Å². The number of aromatic nitrogens is 3. The van der Waals surface area contributed by atoms with Gasteiger partial charge in [0.2, 0.25) is 5.95 Å². The fourth-order valence-corrected chi connectivity index (χ4v) is 2.65. The van der Waals surface area contributed by atoms with Crippen LogP contribution in [0.25, 0.3) is 0 Å². The van der Waals surface area contributed by atoms with Crippen LogP contribution in [0.3, 0.4) is 0 Å². The fourth-order valence-electron chi connectivity index (χ4n) is 2.65. The van der Waals surface area contributed by atoms with E-state index in [2.05, 4.69) is 25.6 Å². The van der Waals surface area contributed by atoms with Gasteiger partial charge in [0.25, 0.3) is 5.91 Å². The lowest BCUT2D eigenvalue weighted by atomic mass is 10.2. The Morgan fingerprint density at radius 2 is 1.50 bits per heavy atom. The molecule has 7 heteroatoms. The van der Waals surface area contributed by atoms with Gasteiger partial charge in [-0.3, -0.25) is 9.78 Å². The van der Waals surface area contributed by atoms with E-state index in [1.165, 1.54) is 12.4 Å². The highest BCUT2D eigenvalue weighted by atomic mass is 16.5. The predicted molar refractivity (Wildman–Crippen MR) is 115 cm³/mol. The second-order valence-corrected chi connectivity index (χ2v) is 6.40. The number of nitrogens with zero attached hydrogens (tertiary/aromatic N) is 3. The summed E-state index contributed by atoms with van der Waals surface area (Å²) < 4.78 is 5.75. The molecule has 0 unspecified atom stereocenters. The third-order valence-electron chi connectivity index (χ3n) is 4.21. The molecule has 2 aromatic heterocycles. The molecule has 0 aliphatic heterocycles. The number of rotatable bonds is 7. The van der Waals surface area contributed by atoms with E-state index in [1.54, 1.807) is 36.7 Å². The highest BCUT2D eigenvalue weighted by molar-refractivity contribution is 6.03. The van der Waals surface area contributed by atoms with Crippen molar-refractivity contribution in [2.45, 2.75) is 6.54 Å². The van der Waals surface area contributed by atoms with Gasteiger partial charge < -0.3 is 15.4 Å². The largest absolute Gasteiger partial charge is 0.457 e. The molecule has 0 aliphatic rings. The molecule has 2 N–H and O–H groups in total. The summed E-state index contributed by atoms with van der Waals surface area (Å²) in [5.41, 5.74) is 2.09. The van der Waals surface area contributed by atoms with Gasteiger partial charge in [-0.15, -0.1) is 0 Å². The Hall–Kier alpha value is -4.26. The van der Waals surface area contributed by atoms with Crippen LogP contribution >= 0.6 is 0 Å². The molecule has 0 spiro atoms. The third kappa shape index (κ3) is 5.17. The van der Waals surface area contributed by atoms with Gasteiger partial charge >= 0.3 is 0 Å². The molecule has 0 aliphatic carbocycles. The second kappa shape index (κ2) is 9.29. The van der Waals surface area contributed by atoms with Crippen LogP contribution in [0, 0.1) is 0 Å². The molecular formula is C23H19N5O2. The number of carbonyl (C=O) groups is 1. The van der Waals surface area contributed by atoms with Gasteiger partial charge in [-0.05, 0) is 54.1 Å². The van der Waals surface area contributed by atoms with E-state index in [0.29, 0.717) is 29.5 Å². The van der Waals surface area contributed by atoms with E-state index in [-0.39, 0.29) is 5.91 Å². The molecule has 2 heterocycles. The van der Waals surface area contributed by atoms with E-state index in [9.17, 15) is 4.79 Å². The van der Waals surface area contributed by atoms with Crippen LogP contribution in [-0.2, 0) is 6.54 Å². The number of hydrogen-bond acceptors (Lipinski definition) is 6. The number of carbonyl (C=O) groups excluding carboxylic acids is 1. The first kappa shape index (κ1) is 19.1. The zero-order chi connectivity index (χ0) is 20.6. The Kier molecular flexibility index (Phi) is 5.91. The normalized spacial score (nSPS) is 10.3. The van der Waals surface area contributed by atoms with Gasteiger partial charge in [-0.25, -0.2) is 9.97 Å². The quantitative estimate of drug-likeness (QED) is 0.476. The maximum Gasteiger partial charge on any atom is 0.258 e. The van der Waals surface area contributed by atoms with Crippen molar-refractivity contribution >= 4 is 17.5 Å². The van der Waals surface area contributed by atoms with Crippen molar-refractivity contribution in [2.24, 2.45) is 0 Å². The van der Waals surface area contributed by atoms with Crippen LogP contribution in [0.4, 0.5) is 11.6 Å². The topological polar surface area (TPSA) is 89.0 Å². The highest BCUT2D eigenvalue weighted by Gasteiger charge is 2.08. The van der Waals surface area contributed by atoms with E-state index < -0.39 is 0 Å². The van der Waals surface area contributed by atoms with Crippen molar-refractivity contribution in [1.29, 1.82) is 0 Å². The number of benzene rings is 2. The minimum atomic E-state index is -0.285. The van der Waals surface area contributed by atoms with Crippen LogP contribution in [0.15, 0.2) is 91.5 Å². The van der Waals surface area contributed by atoms with Crippen LogP contribution < -0.4 is 15.4 Å². The smallest absolute Gasteiger partial charge is 0.258 e. The van der Waals surface area contributed by atoms with Crippen molar-refractivity contribution in [1.82, 2.24) is 15.0 Å². The first-order valence-corrected chi connectivity index (χ1v) is 9.35. The van der Waals surface area contributed by atoms with Crippen molar-refractivity contribution in [3.63, 3.8) is 0 Å². The SMILES string of the molecule is O=C(Nc1ccc(Oc2ccccc2)cc1)c1cnc(NCc2ccncc2)nc1. The molecule has 30 heavy (non-hydrogen) atoms. The maximum absolute atomic E-state index is 12.4. The summed E-state index contributed by atoms with van der Waals surface area (Å²) in [6, 6.07) is 20.5. The second-order valence-electron chi connectivity index (χ2n) is 6.40. The number of amides is 1. The minimum Gasteiger partial charge on any atom is -0.457 e. The Morgan fingerprint density at radius 1 is 0.833 bits per heavy atom. The maximum atomic E-state index is 12.4. The number of hydrogen-bond donors (Lipinski definition) is 2. The first-order valence-electron chi connectivity index (χ1n) is 9.35. The number of ether oxygens (including phenoxy) is 1. The average molecular weight is 397 g/mol. The molecule has 0 saturated heterocycles. The van der Waals surface area contributed by atoms with Gasteiger partial charge in [-0.1, -0.05) is 18.2 Å². The van der Waals surface area contributed by atoms with Gasteiger partial charge in [0.05, 0.1) is 5.56 Å². The molecule has 0 bridgehead atoms. The summed E-state index contributed by atoms with van der Waals surface area (Å²) in [5, 5.41) is 5.93. The number of pyridine rings is 1. The number of para-hydroxylation sites is 1. The molecular weight excluding hydrogens is 378 g/mol. The Balaban J connectivity index is 1.32. The zero-order valence-electron chi connectivity index (χ0n) is 16.0. The van der Waals surface area contributed by atoms with Crippen LogP contribution in [-0.4, -0.2) is 20.9 Å². The predicted octanol–water partition coefficient (Wildman–Crippen LogP) is 4.53. The van der Waals surface area contributed by atoms with E-state index in [1.807, 2.05) is 42.5 Å². The molecule has 0 fully saturated rings. The van der Waals surface area contributed by atoms with E-state index >= 15 is 0 Å². The minimum absolute atomic E-state index is 0.285. The van der Waals surface area contributed by atoms with Crippen molar-refractivity contribution in [3.8, 4) is 11.5 Å². The Morgan fingerprint density at radius 3 is 2.20 bits per heavy atom. The van der Waals surface area contributed by atoms with Crippen LogP contribution in [0.1, 0.15) is 15.9 Å². The van der Waals surface area contributed by atoms with E-state index in [4.69, 9.17) is 4.74 Å². The average Bonchev–Trinajstić information content (AvgIpc) is 2.81. The van der Waals surface area contributed by atoms with Crippen molar-refractivity contribution < 1.29 is 9.53 Å². The van der Waals surface area contributed by atoms with Crippen molar-refractivity contribution in [3.05, 3.63) is 103 Å². The Bertz CT molecular complexity index is 1090. The summed E-state index contributed by atoms with van der Waals surface area (Å²) in [4.78, 5) is 24.8. The number of anilines is 2. The molecule has 0 atom stereocenters. The summed E-state index contributed by atoms with van der Waals surface area (Å²) in [5.74, 6) is 1.61. The van der Waals surface area contributed by atoms with Gasteiger partial charge in [-0.2, -0.15) is 0 Å².